The van der Waals surface area contributed by atoms with E-state index in [-0.39, 0.29) is 12.3 Å². The van der Waals surface area contributed by atoms with Gasteiger partial charge in [-0.1, -0.05) is 18.2 Å². The number of para-hydroxylation sites is 1. The maximum absolute atomic E-state index is 13.2. The molecule has 3 aromatic rings. The highest BCUT2D eigenvalue weighted by atomic mass is 19.4. The molecule has 2 aromatic carbocycles. The maximum Gasteiger partial charge on any atom is 0.490 e. The Balaban J connectivity index is 0.000000441. The van der Waals surface area contributed by atoms with E-state index >= 15 is 0 Å². The molecule has 5 N–H and O–H groups in total. The number of nitrogens with zero attached hydrogens (tertiary/aromatic N) is 2. The molecule has 0 atom stereocenters. The Kier molecular flexibility index (Phi) is 14.3. The number of pyridine rings is 1. The van der Waals surface area contributed by atoms with E-state index in [0.29, 0.717) is 36.8 Å². The lowest BCUT2D eigenvalue weighted by Crippen LogP contribution is -2.55. The Morgan fingerprint density at radius 2 is 1.44 bits per heavy atom. The lowest BCUT2D eigenvalue weighted by Gasteiger charge is -2.43. The molecule has 284 valence electrons. The zero-order valence-corrected chi connectivity index (χ0v) is 27.9. The summed E-state index contributed by atoms with van der Waals surface area (Å²) >= 11 is 0. The normalized spacial score (nSPS) is 19.0. The van der Waals surface area contributed by atoms with Crippen molar-refractivity contribution in [3.05, 3.63) is 71.4 Å². The van der Waals surface area contributed by atoms with Crippen LogP contribution in [0.2, 0.25) is 0 Å². The molecule has 1 aromatic heterocycles. The van der Waals surface area contributed by atoms with Crippen LogP contribution in [0.1, 0.15) is 66.6 Å². The highest BCUT2D eigenvalue weighted by Crippen LogP contribution is 2.35. The second kappa shape index (κ2) is 18.0. The summed E-state index contributed by atoms with van der Waals surface area (Å²) in [6, 6.07) is 17.6. The number of hydrogen-bond donors (Lipinski definition) is 5. The van der Waals surface area contributed by atoms with Gasteiger partial charge in [0.25, 0.3) is 5.91 Å². The molecule has 1 saturated heterocycles. The third kappa shape index (κ3) is 12.4. The molecule has 2 heterocycles. The fourth-order valence-corrected chi connectivity index (χ4v) is 6.01. The average molecular weight is 745 g/mol. The molecule has 2 fully saturated rings. The van der Waals surface area contributed by atoms with Crippen molar-refractivity contribution in [2.45, 2.75) is 82.4 Å². The number of halogens is 6. The summed E-state index contributed by atoms with van der Waals surface area (Å²) in [6.45, 7) is 4.63. The Morgan fingerprint density at radius 1 is 0.904 bits per heavy atom. The zero-order chi connectivity index (χ0) is 38.7. The van der Waals surface area contributed by atoms with E-state index in [9.17, 15) is 35.9 Å². The number of aliphatic carboxylic acids is 2. The monoisotopic (exact) mass is 744 g/mol. The molecule has 1 aliphatic carbocycles. The van der Waals surface area contributed by atoms with E-state index in [2.05, 4.69) is 15.2 Å². The van der Waals surface area contributed by atoms with Crippen LogP contribution in [-0.4, -0.2) is 86.1 Å². The van der Waals surface area contributed by atoms with E-state index in [1.54, 1.807) is 29.7 Å². The summed E-state index contributed by atoms with van der Waals surface area (Å²) in [5, 5.41) is 27.6. The van der Waals surface area contributed by atoms with Gasteiger partial charge in [0.2, 0.25) is 5.91 Å². The topological polar surface area (TPSA) is 178 Å². The third-order valence-electron chi connectivity index (χ3n) is 8.50. The van der Waals surface area contributed by atoms with Crippen molar-refractivity contribution in [1.29, 1.82) is 0 Å². The summed E-state index contributed by atoms with van der Waals surface area (Å²) < 4.78 is 69.5. The van der Waals surface area contributed by atoms with Crippen molar-refractivity contribution in [2.24, 2.45) is 0 Å². The number of fused-ring (bicyclic) bond motifs is 1. The highest BCUT2D eigenvalue weighted by molar-refractivity contribution is 5.95. The van der Waals surface area contributed by atoms with Crippen LogP contribution >= 0.6 is 0 Å². The van der Waals surface area contributed by atoms with Gasteiger partial charge >= 0.3 is 24.3 Å². The zero-order valence-electron chi connectivity index (χ0n) is 27.9. The van der Waals surface area contributed by atoms with Crippen molar-refractivity contribution in [3.8, 4) is 5.75 Å². The molecule has 0 bridgehead atoms. The molecule has 18 heteroatoms. The largest absolute Gasteiger partial charge is 0.490 e. The summed E-state index contributed by atoms with van der Waals surface area (Å²) in [5.74, 6) is -5.55. The van der Waals surface area contributed by atoms with E-state index in [1.807, 2.05) is 37.3 Å². The average Bonchev–Trinajstić information content (AvgIpc) is 3.62. The molecule has 2 amide bonds. The molecular formula is C34H38F6N4O8. The van der Waals surface area contributed by atoms with Gasteiger partial charge in [0.05, 0.1) is 11.9 Å². The molecule has 52 heavy (non-hydrogen) atoms. The molecule has 2 aliphatic rings. The number of carbonyl (C=O) groups excluding carboxylic acids is 2. The Hall–Kier alpha value is -4.97. The Labute approximate surface area is 293 Å². The number of aryl methyl sites for hydroxylation is 1. The van der Waals surface area contributed by atoms with Crippen molar-refractivity contribution in [1.82, 2.24) is 20.7 Å². The third-order valence-corrected chi connectivity index (χ3v) is 8.50. The summed E-state index contributed by atoms with van der Waals surface area (Å²) in [6.07, 6.45) is -4.37. The van der Waals surface area contributed by atoms with Gasteiger partial charge in [-0.05, 0) is 94.9 Å². The fourth-order valence-electron chi connectivity index (χ4n) is 6.01. The minimum absolute atomic E-state index is 0.0580. The number of carboxylic acids is 2. The first kappa shape index (κ1) is 41.5. The van der Waals surface area contributed by atoms with Gasteiger partial charge in [0, 0.05) is 33.8 Å². The predicted molar refractivity (Wildman–Crippen MR) is 172 cm³/mol. The Morgan fingerprint density at radius 3 is 1.96 bits per heavy atom. The quantitative estimate of drug-likeness (QED) is 0.108. The number of amides is 2. The minimum Gasteiger partial charge on any atom is -0.489 e. The number of nitrogens with one attached hydrogen (secondary N) is 2. The summed E-state index contributed by atoms with van der Waals surface area (Å²) in [4.78, 5) is 50.3. The molecular weight excluding hydrogens is 706 g/mol. The number of ether oxygens (including phenoxy) is 1. The number of rotatable bonds is 8. The van der Waals surface area contributed by atoms with Crippen LogP contribution in [0.3, 0.4) is 0 Å². The van der Waals surface area contributed by atoms with Crippen molar-refractivity contribution in [3.63, 3.8) is 0 Å². The number of aromatic nitrogens is 1. The van der Waals surface area contributed by atoms with E-state index in [4.69, 9.17) is 29.7 Å². The van der Waals surface area contributed by atoms with Crippen molar-refractivity contribution < 1.29 is 65.7 Å². The summed E-state index contributed by atoms with van der Waals surface area (Å²) in [7, 11) is 0. The number of carboxylic acid groups (broad SMARTS) is 2. The molecule has 1 saturated carbocycles. The number of hydrogen-bond acceptors (Lipinski definition) is 8. The van der Waals surface area contributed by atoms with Gasteiger partial charge in [0.15, 0.2) is 0 Å². The van der Waals surface area contributed by atoms with E-state index < -0.39 is 35.7 Å². The molecule has 0 spiro atoms. The number of likely N-dealkylation sites (tertiary alicyclic amines) is 1. The predicted octanol–water partition coefficient (Wildman–Crippen LogP) is 5.79. The molecule has 0 unspecified atom stereocenters. The summed E-state index contributed by atoms with van der Waals surface area (Å²) in [5.41, 5.74) is 4.52. The van der Waals surface area contributed by atoms with Crippen molar-refractivity contribution in [2.75, 3.05) is 13.1 Å². The second-order valence-electron chi connectivity index (χ2n) is 12.3. The first-order chi connectivity index (χ1) is 24.3. The minimum atomic E-state index is -5.08. The van der Waals surface area contributed by atoms with Crippen LogP contribution in [0.15, 0.2) is 54.6 Å². The van der Waals surface area contributed by atoms with Crippen LogP contribution in [0, 0.1) is 6.92 Å². The maximum atomic E-state index is 13.2. The van der Waals surface area contributed by atoms with Gasteiger partial charge in [-0.2, -0.15) is 26.3 Å². The van der Waals surface area contributed by atoms with Crippen LogP contribution in [-0.2, 0) is 21.0 Å². The van der Waals surface area contributed by atoms with Gasteiger partial charge < -0.3 is 25.2 Å². The van der Waals surface area contributed by atoms with E-state index in [1.165, 1.54) is 12.8 Å². The second-order valence-corrected chi connectivity index (χ2v) is 12.3. The van der Waals surface area contributed by atoms with Crippen LogP contribution in [0.25, 0.3) is 10.9 Å². The smallest absolute Gasteiger partial charge is 0.489 e. The van der Waals surface area contributed by atoms with Crippen molar-refractivity contribution >= 4 is 34.7 Å². The lowest BCUT2D eigenvalue weighted by atomic mass is 9.76. The van der Waals surface area contributed by atoms with Gasteiger partial charge in [0.1, 0.15) is 12.4 Å². The molecule has 12 nitrogen and oxygen atoms in total. The molecule has 0 radical (unpaired) electrons. The van der Waals surface area contributed by atoms with Crippen LogP contribution in [0.4, 0.5) is 26.3 Å². The van der Waals surface area contributed by atoms with Gasteiger partial charge in [-0.25, -0.2) is 15.1 Å². The first-order valence-corrected chi connectivity index (χ1v) is 16.0. The standard InChI is InChI=1S/C30H36N4O4.2C2HF3O2/c1-21-18-23(26-6-2-3-7-27(26)31-21)20-38-25-10-8-22(9-11-25)29(36)32-30(19-28(35)33-37)14-12-24(13-15-30)34-16-4-5-17-34;2*3-2(4,5)1(6)7/h2-3,6-11,18,24,37H,4-5,12-17,19-20H2,1H3,(H,32,36)(H,33,35);2*(H,6,7). The van der Waals surface area contributed by atoms with Crippen LogP contribution < -0.4 is 15.5 Å². The first-order valence-electron chi connectivity index (χ1n) is 16.0. The number of hydroxylamine groups is 1. The van der Waals surface area contributed by atoms with Gasteiger partial charge in [-0.15, -0.1) is 0 Å². The van der Waals surface area contributed by atoms with E-state index in [0.717, 1.165) is 48.1 Å². The fraction of sp³-hybridized carbons (Fsp3) is 0.441. The number of alkyl halides is 6. The molecule has 5 rings (SSSR count). The lowest BCUT2D eigenvalue weighted by molar-refractivity contribution is -0.193. The van der Waals surface area contributed by atoms with Gasteiger partial charge in [-0.3, -0.25) is 19.8 Å². The molecule has 1 aliphatic heterocycles. The Bertz CT molecular complexity index is 1660. The highest BCUT2D eigenvalue weighted by Gasteiger charge is 2.41. The van der Waals surface area contributed by atoms with Crippen LogP contribution in [0.5, 0.6) is 5.75 Å². The number of carbonyl (C=O) groups is 4. The SMILES string of the molecule is Cc1cc(COc2ccc(C(=O)NC3(CC(=O)NO)CCC(N4CCCC4)CC3)cc2)c2ccccc2n1.O=C(O)C(F)(F)F.O=C(O)C(F)(F)F. The number of benzene rings is 2.